The lowest BCUT2D eigenvalue weighted by Crippen LogP contribution is -2.44. The molecule has 122 valence electrons. The van der Waals surface area contributed by atoms with Crippen LogP contribution in [-0.4, -0.2) is 61.7 Å². The van der Waals surface area contributed by atoms with Crippen molar-refractivity contribution in [1.82, 2.24) is 10.2 Å². The van der Waals surface area contributed by atoms with Gasteiger partial charge in [-0.3, -0.25) is 4.90 Å². The Hall–Kier alpha value is -0.950. The number of hydrogen-bond acceptors (Lipinski definition) is 5. The molecular weight excluding hydrogens is 300 g/mol. The summed E-state index contributed by atoms with van der Waals surface area (Å²) in [5, 5.41) is 13.2. The average Bonchev–Trinajstić information content (AvgIpc) is 3.09. The van der Waals surface area contributed by atoms with Gasteiger partial charge in [0.15, 0.2) is 9.84 Å². The first kappa shape index (κ1) is 15.9. The summed E-state index contributed by atoms with van der Waals surface area (Å²) < 4.78 is 23.2. The van der Waals surface area contributed by atoms with Crippen LogP contribution in [-0.2, 0) is 9.84 Å². The molecular formula is C16H24N2O3S. The number of hydrogen-bond donors (Lipinski definition) is 2. The Morgan fingerprint density at radius 3 is 2.45 bits per heavy atom. The van der Waals surface area contributed by atoms with E-state index < -0.39 is 15.9 Å². The lowest BCUT2D eigenvalue weighted by Gasteiger charge is -2.30. The van der Waals surface area contributed by atoms with E-state index in [4.69, 9.17) is 0 Å². The van der Waals surface area contributed by atoms with Crippen molar-refractivity contribution in [2.45, 2.75) is 31.0 Å². The maximum Gasteiger partial charge on any atom is 0.154 e. The van der Waals surface area contributed by atoms with Crippen LogP contribution in [0.15, 0.2) is 30.3 Å². The van der Waals surface area contributed by atoms with Crippen molar-refractivity contribution in [3.63, 3.8) is 0 Å². The minimum absolute atomic E-state index is 0.0374. The molecule has 1 aromatic carbocycles. The van der Waals surface area contributed by atoms with E-state index in [-0.39, 0.29) is 23.6 Å². The predicted molar refractivity (Wildman–Crippen MR) is 86.4 cm³/mol. The number of likely N-dealkylation sites (tertiary alicyclic amines) is 1. The zero-order chi connectivity index (χ0) is 15.6. The standard InChI is InChI=1S/C16H24N2O3S/c19-16-12-22(20,21)11-14(16)17-10-15(18-8-4-5-9-18)13-6-2-1-3-7-13/h1-3,6-7,14-17,19H,4-5,8-12H2/t14-,15+,16-/m0/s1. The largest absolute Gasteiger partial charge is 0.390 e. The van der Waals surface area contributed by atoms with Crippen molar-refractivity contribution < 1.29 is 13.5 Å². The van der Waals surface area contributed by atoms with E-state index in [0.717, 1.165) is 13.1 Å². The highest BCUT2D eigenvalue weighted by atomic mass is 32.2. The second-order valence-corrected chi connectivity index (χ2v) is 8.48. The molecule has 0 bridgehead atoms. The zero-order valence-corrected chi connectivity index (χ0v) is 13.5. The third-order valence-corrected chi connectivity index (χ3v) is 6.38. The van der Waals surface area contributed by atoms with Crippen LogP contribution < -0.4 is 5.32 Å². The smallest absolute Gasteiger partial charge is 0.154 e. The first-order valence-corrected chi connectivity index (χ1v) is 9.78. The van der Waals surface area contributed by atoms with Gasteiger partial charge in [-0.15, -0.1) is 0 Å². The van der Waals surface area contributed by atoms with E-state index in [1.54, 1.807) is 0 Å². The quantitative estimate of drug-likeness (QED) is 0.829. The van der Waals surface area contributed by atoms with Gasteiger partial charge in [-0.05, 0) is 31.5 Å². The van der Waals surface area contributed by atoms with Gasteiger partial charge in [-0.2, -0.15) is 0 Å². The lowest BCUT2D eigenvalue weighted by molar-refractivity contribution is 0.155. The minimum Gasteiger partial charge on any atom is -0.390 e. The Morgan fingerprint density at radius 2 is 1.86 bits per heavy atom. The summed E-state index contributed by atoms with van der Waals surface area (Å²) in [6.07, 6.45) is 1.63. The molecule has 0 spiro atoms. The van der Waals surface area contributed by atoms with Crippen LogP contribution in [0.2, 0.25) is 0 Å². The maximum atomic E-state index is 11.6. The third kappa shape index (κ3) is 3.68. The number of sulfone groups is 1. The number of aliphatic hydroxyl groups is 1. The van der Waals surface area contributed by atoms with E-state index in [2.05, 4.69) is 22.3 Å². The van der Waals surface area contributed by atoms with Crippen LogP contribution in [0.3, 0.4) is 0 Å². The van der Waals surface area contributed by atoms with E-state index in [9.17, 15) is 13.5 Å². The fraction of sp³-hybridized carbons (Fsp3) is 0.625. The predicted octanol–water partition coefficient (Wildman–Crippen LogP) is 0.571. The van der Waals surface area contributed by atoms with E-state index in [1.165, 1.54) is 18.4 Å². The molecule has 0 radical (unpaired) electrons. The van der Waals surface area contributed by atoms with Crippen molar-refractivity contribution in [2.24, 2.45) is 0 Å². The van der Waals surface area contributed by atoms with Crippen molar-refractivity contribution in [1.29, 1.82) is 0 Å². The van der Waals surface area contributed by atoms with E-state index in [0.29, 0.717) is 6.54 Å². The second kappa shape index (κ2) is 6.66. The number of nitrogens with zero attached hydrogens (tertiary/aromatic N) is 1. The maximum absolute atomic E-state index is 11.6. The molecule has 0 unspecified atom stereocenters. The molecule has 0 aromatic heterocycles. The molecule has 2 heterocycles. The summed E-state index contributed by atoms with van der Waals surface area (Å²) in [5.74, 6) is -0.0833. The number of benzene rings is 1. The highest BCUT2D eigenvalue weighted by Crippen LogP contribution is 2.25. The Morgan fingerprint density at radius 1 is 1.18 bits per heavy atom. The molecule has 0 saturated carbocycles. The Bertz CT molecular complexity index is 585. The Kier molecular flexibility index (Phi) is 4.82. The average molecular weight is 324 g/mol. The second-order valence-electron chi connectivity index (χ2n) is 6.33. The van der Waals surface area contributed by atoms with Gasteiger partial charge in [0.25, 0.3) is 0 Å². The molecule has 2 aliphatic rings. The van der Waals surface area contributed by atoms with Crippen molar-refractivity contribution >= 4 is 9.84 Å². The molecule has 6 heteroatoms. The van der Waals surface area contributed by atoms with Crippen LogP contribution in [0.1, 0.15) is 24.4 Å². The van der Waals surface area contributed by atoms with Gasteiger partial charge in [0, 0.05) is 18.6 Å². The fourth-order valence-corrected chi connectivity index (χ4v) is 5.25. The van der Waals surface area contributed by atoms with Gasteiger partial charge in [0.2, 0.25) is 0 Å². The fourth-order valence-electron chi connectivity index (χ4n) is 3.47. The van der Waals surface area contributed by atoms with Crippen molar-refractivity contribution in [3.8, 4) is 0 Å². The third-order valence-electron chi connectivity index (χ3n) is 4.66. The first-order valence-electron chi connectivity index (χ1n) is 7.96. The van der Waals surface area contributed by atoms with Gasteiger partial charge >= 0.3 is 0 Å². The van der Waals surface area contributed by atoms with Gasteiger partial charge in [0.05, 0.1) is 17.6 Å². The summed E-state index contributed by atoms with van der Waals surface area (Å²) in [6, 6.07) is 10.2. The Balaban J connectivity index is 1.68. The molecule has 22 heavy (non-hydrogen) atoms. The topological polar surface area (TPSA) is 69.6 Å². The highest BCUT2D eigenvalue weighted by molar-refractivity contribution is 7.91. The number of aliphatic hydroxyl groups excluding tert-OH is 1. The SMILES string of the molecule is O=S1(=O)C[C@H](NC[C@H](c2ccccc2)N2CCCC2)[C@@H](O)C1. The number of nitrogens with one attached hydrogen (secondary N) is 1. The molecule has 2 fully saturated rings. The minimum atomic E-state index is -3.10. The molecule has 3 atom stereocenters. The molecule has 2 aliphatic heterocycles. The zero-order valence-electron chi connectivity index (χ0n) is 12.7. The Labute approximate surface area is 132 Å². The van der Waals surface area contributed by atoms with Crippen LogP contribution in [0.25, 0.3) is 0 Å². The van der Waals surface area contributed by atoms with Gasteiger partial charge in [0.1, 0.15) is 0 Å². The van der Waals surface area contributed by atoms with Crippen LogP contribution >= 0.6 is 0 Å². The summed E-state index contributed by atoms with van der Waals surface area (Å²) in [4.78, 5) is 2.44. The molecule has 0 amide bonds. The van der Waals surface area contributed by atoms with E-state index >= 15 is 0 Å². The molecule has 1 aromatic rings. The highest BCUT2D eigenvalue weighted by Gasteiger charge is 2.36. The van der Waals surface area contributed by atoms with Crippen LogP contribution in [0.4, 0.5) is 0 Å². The van der Waals surface area contributed by atoms with Gasteiger partial charge in [-0.25, -0.2) is 8.42 Å². The monoisotopic (exact) mass is 324 g/mol. The molecule has 5 nitrogen and oxygen atoms in total. The summed E-state index contributed by atoms with van der Waals surface area (Å²) >= 11 is 0. The van der Waals surface area contributed by atoms with Gasteiger partial charge < -0.3 is 10.4 Å². The van der Waals surface area contributed by atoms with Crippen molar-refractivity contribution in [2.75, 3.05) is 31.1 Å². The summed E-state index contributed by atoms with van der Waals surface area (Å²) in [5.41, 5.74) is 1.24. The molecule has 0 aliphatic carbocycles. The van der Waals surface area contributed by atoms with Gasteiger partial charge in [-0.1, -0.05) is 30.3 Å². The molecule has 3 rings (SSSR count). The summed E-state index contributed by atoms with van der Waals surface area (Å²) in [6.45, 7) is 2.82. The molecule has 2 N–H and O–H groups in total. The van der Waals surface area contributed by atoms with Crippen LogP contribution in [0, 0.1) is 0 Å². The van der Waals surface area contributed by atoms with E-state index in [1.807, 2.05) is 18.2 Å². The molecule has 2 saturated heterocycles. The summed E-state index contributed by atoms with van der Waals surface area (Å²) in [7, 11) is -3.10. The van der Waals surface area contributed by atoms with Crippen LogP contribution in [0.5, 0.6) is 0 Å². The number of rotatable bonds is 5. The normalized spacial score (nSPS) is 29.7. The van der Waals surface area contributed by atoms with Crippen molar-refractivity contribution in [3.05, 3.63) is 35.9 Å². The first-order chi connectivity index (χ1) is 10.6. The lowest BCUT2D eigenvalue weighted by atomic mass is 10.0.